The van der Waals surface area contributed by atoms with Crippen molar-refractivity contribution in [1.82, 2.24) is 10.2 Å². The number of anilines is 1. The van der Waals surface area contributed by atoms with Crippen molar-refractivity contribution < 1.29 is 26.9 Å². The van der Waals surface area contributed by atoms with E-state index in [1.54, 1.807) is 6.92 Å². The van der Waals surface area contributed by atoms with E-state index >= 15 is 0 Å². The van der Waals surface area contributed by atoms with Crippen molar-refractivity contribution in [2.24, 2.45) is 0 Å². The third kappa shape index (κ3) is 3.81. The molecule has 0 aliphatic rings. The minimum Gasteiger partial charge on any atom is -0.372 e. The van der Waals surface area contributed by atoms with Gasteiger partial charge < -0.3 is 10.1 Å². The molecule has 6 nitrogen and oxygen atoms in total. The molecule has 1 amide bonds. The molecule has 0 saturated carbocycles. The number of rotatable bonds is 5. The molecule has 1 aromatic heterocycles. The molecule has 1 heterocycles. The summed E-state index contributed by atoms with van der Waals surface area (Å²) in [5.74, 6) is -1.02. The number of aromatic amines is 1. The molecule has 1 atom stereocenters. The van der Waals surface area contributed by atoms with Crippen molar-refractivity contribution in [2.75, 3.05) is 18.5 Å². The summed E-state index contributed by atoms with van der Waals surface area (Å²) in [4.78, 5) is 10.6. The van der Waals surface area contributed by atoms with Gasteiger partial charge in [-0.3, -0.25) is 9.89 Å². The fourth-order valence-electron chi connectivity index (χ4n) is 1.00. The van der Waals surface area contributed by atoms with E-state index in [0.717, 1.165) is 6.20 Å². The second-order valence-electron chi connectivity index (χ2n) is 3.01. The zero-order chi connectivity index (χ0) is 13.8. The first kappa shape index (κ1) is 14.6. The smallest absolute Gasteiger partial charge is 0.372 e. The third-order valence-electron chi connectivity index (χ3n) is 1.72. The van der Waals surface area contributed by atoms with E-state index in [-0.39, 0.29) is 19.0 Å². The number of hydrogen-bond acceptors (Lipinski definition) is 4. The fourth-order valence-corrected chi connectivity index (χ4v) is 1.68. The number of aromatic nitrogens is 2. The van der Waals surface area contributed by atoms with Gasteiger partial charge in [-0.2, -0.15) is 18.3 Å². The van der Waals surface area contributed by atoms with Gasteiger partial charge in [0.15, 0.2) is 10.8 Å². The summed E-state index contributed by atoms with van der Waals surface area (Å²) in [6.45, 7) is 1.64. The number of alkyl halides is 3. The summed E-state index contributed by atoms with van der Waals surface area (Å²) in [5.41, 5.74) is -4.91. The molecule has 0 fully saturated rings. The fraction of sp³-hybridized carbons (Fsp3) is 0.500. The molecule has 0 saturated heterocycles. The minimum atomic E-state index is -4.91. The summed E-state index contributed by atoms with van der Waals surface area (Å²) in [6.07, 6.45) is 0.750. The zero-order valence-corrected chi connectivity index (χ0v) is 10.0. The number of carbonyl (C=O) groups is 1. The molecule has 1 unspecified atom stereocenters. The molecule has 0 aromatic carbocycles. The molecule has 0 bridgehead atoms. The average molecular weight is 285 g/mol. The van der Waals surface area contributed by atoms with Crippen molar-refractivity contribution >= 4 is 22.5 Å². The molecule has 1 aromatic rings. The molecule has 0 radical (unpaired) electrons. The van der Waals surface area contributed by atoms with E-state index in [9.17, 15) is 22.2 Å². The third-order valence-corrected chi connectivity index (χ3v) is 2.85. The molecule has 0 aliphatic heterocycles. The van der Waals surface area contributed by atoms with Gasteiger partial charge in [0.2, 0.25) is 0 Å². The van der Waals surface area contributed by atoms with Crippen LogP contribution in [0.25, 0.3) is 0 Å². The van der Waals surface area contributed by atoms with Crippen LogP contribution in [-0.2, 0) is 20.3 Å². The number of amides is 1. The first-order valence-electron chi connectivity index (χ1n) is 4.75. The van der Waals surface area contributed by atoms with Crippen LogP contribution in [0.2, 0.25) is 0 Å². The Bertz CT molecular complexity index is 446. The topological polar surface area (TPSA) is 84.1 Å². The standard InChI is InChI=1S/C8H10F3N3O3S/c1-2-17-4-6(15)13-7-5(3-12-14-7)18(16)8(9,10)11/h3H,2,4H2,1H3,(H2,12,13,14,15). The highest BCUT2D eigenvalue weighted by atomic mass is 32.2. The summed E-state index contributed by atoms with van der Waals surface area (Å²) >= 11 is 0. The van der Waals surface area contributed by atoms with Crippen LogP contribution in [-0.4, -0.2) is 39.0 Å². The Morgan fingerprint density at radius 3 is 2.83 bits per heavy atom. The zero-order valence-electron chi connectivity index (χ0n) is 9.21. The second kappa shape index (κ2) is 5.96. The average Bonchev–Trinajstić information content (AvgIpc) is 2.72. The van der Waals surface area contributed by atoms with E-state index in [1.807, 2.05) is 0 Å². The van der Waals surface area contributed by atoms with E-state index in [4.69, 9.17) is 4.74 Å². The monoisotopic (exact) mass is 285 g/mol. The molecule has 10 heteroatoms. The number of carbonyl (C=O) groups excluding carboxylic acids is 1. The predicted molar refractivity (Wildman–Crippen MR) is 56.2 cm³/mol. The second-order valence-corrected chi connectivity index (χ2v) is 4.45. The van der Waals surface area contributed by atoms with E-state index in [2.05, 4.69) is 15.5 Å². The highest BCUT2D eigenvalue weighted by Gasteiger charge is 2.40. The highest BCUT2D eigenvalue weighted by molar-refractivity contribution is 7.86. The van der Waals surface area contributed by atoms with Crippen molar-refractivity contribution in [3.05, 3.63) is 6.20 Å². The molecule has 18 heavy (non-hydrogen) atoms. The van der Waals surface area contributed by atoms with Gasteiger partial charge in [-0.1, -0.05) is 0 Å². The first-order valence-corrected chi connectivity index (χ1v) is 5.90. The van der Waals surface area contributed by atoms with Gasteiger partial charge >= 0.3 is 5.51 Å². The van der Waals surface area contributed by atoms with Crippen molar-refractivity contribution in [1.29, 1.82) is 0 Å². The van der Waals surface area contributed by atoms with Crippen LogP contribution >= 0.6 is 0 Å². The summed E-state index contributed by atoms with van der Waals surface area (Å²) in [5, 5.41) is 7.56. The number of nitrogens with one attached hydrogen (secondary N) is 2. The van der Waals surface area contributed by atoms with Crippen molar-refractivity contribution in [2.45, 2.75) is 17.3 Å². The molecule has 2 N–H and O–H groups in total. The first-order chi connectivity index (χ1) is 8.36. The van der Waals surface area contributed by atoms with Gasteiger partial charge in [-0.15, -0.1) is 0 Å². The van der Waals surface area contributed by atoms with Crippen LogP contribution in [0.4, 0.5) is 19.0 Å². The molecule has 1 rings (SSSR count). The van der Waals surface area contributed by atoms with Crippen LogP contribution in [0.5, 0.6) is 0 Å². The molecule has 0 aliphatic carbocycles. The Balaban J connectivity index is 2.77. The van der Waals surface area contributed by atoms with Crippen molar-refractivity contribution in [3.63, 3.8) is 0 Å². The van der Waals surface area contributed by atoms with Gasteiger partial charge in [0.05, 0.1) is 6.20 Å². The largest absolute Gasteiger partial charge is 0.476 e. The van der Waals surface area contributed by atoms with E-state index in [1.165, 1.54) is 0 Å². The molecule has 102 valence electrons. The number of halogens is 3. The SMILES string of the molecule is CCOCC(=O)Nc1[nH]ncc1S(=O)C(F)(F)F. The van der Waals surface area contributed by atoms with Crippen molar-refractivity contribution in [3.8, 4) is 0 Å². The predicted octanol–water partition coefficient (Wildman–Crippen LogP) is 1.01. The summed E-state index contributed by atoms with van der Waals surface area (Å²) < 4.78 is 52.6. The lowest BCUT2D eigenvalue weighted by molar-refractivity contribution is -0.120. The van der Waals surface area contributed by atoms with Crippen LogP contribution < -0.4 is 5.32 Å². The van der Waals surface area contributed by atoms with Crippen LogP contribution in [0, 0.1) is 0 Å². The molecular weight excluding hydrogens is 275 g/mol. The molecular formula is C8H10F3N3O3S. The van der Waals surface area contributed by atoms with Gasteiger partial charge in [0.25, 0.3) is 5.91 Å². The van der Waals surface area contributed by atoms with Gasteiger partial charge in [0, 0.05) is 6.61 Å². The lowest BCUT2D eigenvalue weighted by Gasteiger charge is -2.07. The van der Waals surface area contributed by atoms with E-state index < -0.39 is 27.1 Å². The Morgan fingerprint density at radius 2 is 2.28 bits per heavy atom. The Labute approximate surface area is 102 Å². The van der Waals surface area contributed by atoms with Crippen LogP contribution in [0.1, 0.15) is 6.92 Å². The Hall–Kier alpha value is -1.42. The lowest BCUT2D eigenvalue weighted by atomic mass is 10.5. The quantitative estimate of drug-likeness (QED) is 0.845. The van der Waals surface area contributed by atoms with Crippen LogP contribution in [0.15, 0.2) is 11.1 Å². The van der Waals surface area contributed by atoms with Gasteiger partial charge in [-0.25, -0.2) is 4.21 Å². The summed E-state index contributed by atoms with van der Waals surface area (Å²) in [6, 6.07) is 0. The normalized spacial score (nSPS) is 13.3. The van der Waals surface area contributed by atoms with Gasteiger partial charge in [-0.05, 0) is 6.92 Å². The van der Waals surface area contributed by atoms with Gasteiger partial charge in [0.1, 0.15) is 17.3 Å². The lowest BCUT2D eigenvalue weighted by Crippen LogP contribution is -2.21. The van der Waals surface area contributed by atoms with Crippen LogP contribution in [0.3, 0.4) is 0 Å². The Kier molecular flexibility index (Phi) is 4.84. The van der Waals surface area contributed by atoms with E-state index in [0.29, 0.717) is 0 Å². The molecule has 0 spiro atoms. The number of H-pyrrole nitrogens is 1. The number of nitrogens with zero attached hydrogens (tertiary/aromatic N) is 1. The maximum Gasteiger partial charge on any atom is 0.476 e. The highest BCUT2D eigenvalue weighted by Crippen LogP contribution is 2.29. The minimum absolute atomic E-state index is 0.289. The summed E-state index contributed by atoms with van der Waals surface area (Å²) in [7, 11) is -3.25. The Morgan fingerprint density at radius 1 is 1.61 bits per heavy atom. The maximum atomic E-state index is 12.3. The maximum absolute atomic E-state index is 12.3. The number of hydrogen-bond donors (Lipinski definition) is 2. The number of ether oxygens (including phenoxy) is 1.